The normalized spacial score (nSPS) is 11.1. The Labute approximate surface area is 127 Å². The monoisotopic (exact) mass is 302 g/mol. The van der Waals surface area contributed by atoms with Crippen LogP contribution in [0.5, 0.6) is 0 Å². The number of hydrogen-bond acceptors (Lipinski definition) is 2. The summed E-state index contributed by atoms with van der Waals surface area (Å²) in [6.07, 6.45) is 2.91. The third kappa shape index (κ3) is 2.57. The van der Waals surface area contributed by atoms with E-state index in [1.165, 1.54) is 15.4 Å². The van der Waals surface area contributed by atoms with Crippen molar-refractivity contribution in [1.29, 1.82) is 0 Å². The van der Waals surface area contributed by atoms with E-state index in [4.69, 9.17) is 17.3 Å². The van der Waals surface area contributed by atoms with Crippen molar-refractivity contribution in [2.45, 2.75) is 16.2 Å². The van der Waals surface area contributed by atoms with Crippen molar-refractivity contribution in [2.24, 2.45) is 5.73 Å². The smallest absolute Gasteiger partial charge is 0.0655 e. The Kier molecular flexibility index (Phi) is 4.01. The quantitative estimate of drug-likeness (QED) is 0.746. The molecule has 0 amide bonds. The van der Waals surface area contributed by atoms with E-state index in [2.05, 4.69) is 35.3 Å². The molecule has 0 unspecified atom stereocenters. The van der Waals surface area contributed by atoms with Gasteiger partial charge in [-0.3, -0.25) is 0 Å². The van der Waals surface area contributed by atoms with Crippen LogP contribution >= 0.6 is 23.4 Å². The molecule has 0 radical (unpaired) electrons. The van der Waals surface area contributed by atoms with Crippen LogP contribution in [0.3, 0.4) is 0 Å². The number of aromatic nitrogens is 1. The second-order valence-electron chi connectivity index (χ2n) is 4.56. The van der Waals surface area contributed by atoms with E-state index >= 15 is 0 Å². The molecule has 0 spiro atoms. The van der Waals surface area contributed by atoms with Crippen molar-refractivity contribution in [1.82, 2.24) is 4.98 Å². The first-order valence-corrected chi connectivity index (χ1v) is 7.70. The third-order valence-electron chi connectivity index (χ3n) is 3.23. The average Bonchev–Trinajstić information content (AvgIpc) is 2.86. The van der Waals surface area contributed by atoms with Crippen LogP contribution in [0.2, 0.25) is 5.02 Å². The van der Waals surface area contributed by atoms with Gasteiger partial charge in [0.1, 0.15) is 0 Å². The maximum absolute atomic E-state index is 6.20. The van der Waals surface area contributed by atoms with Crippen LogP contribution in [0, 0.1) is 0 Å². The molecule has 1 aromatic heterocycles. The van der Waals surface area contributed by atoms with E-state index in [0.717, 1.165) is 22.3 Å². The minimum absolute atomic E-state index is 0.664. The topological polar surface area (TPSA) is 41.8 Å². The molecule has 2 nitrogen and oxygen atoms in total. The Bertz CT molecular complexity index is 736. The average molecular weight is 303 g/mol. The van der Waals surface area contributed by atoms with Gasteiger partial charge in [-0.25, -0.2) is 0 Å². The summed E-state index contributed by atoms with van der Waals surface area (Å²) in [6, 6.07) is 14.4. The van der Waals surface area contributed by atoms with Crippen molar-refractivity contribution >= 4 is 34.3 Å². The molecule has 3 N–H and O–H groups in total. The fraction of sp³-hybridized carbons (Fsp3) is 0.125. The number of halogens is 1. The molecule has 20 heavy (non-hydrogen) atoms. The van der Waals surface area contributed by atoms with Gasteiger partial charge in [-0.05, 0) is 30.7 Å². The van der Waals surface area contributed by atoms with E-state index in [9.17, 15) is 0 Å². The highest BCUT2D eigenvalue weighted by molar-refractivity contribution is 7.99. The lowest BCUT2D eigenvalue weighted by Crippen LogP contribution is -2.03. The van der Waals surface area contributed by atoms with Crippen LogP contribution in [-0.4, -0.2) is 11.5 Å². The van der Waals surface area contributed by atoms with E-state index < -0.39 is 0 Å². The fourth-order valence-corrected chi connectivity index (χ4v) is 3.57. The molecule has 0 aliphatic carbocycles. The summed E-state index contributed by atoms with van der Waals surface area (Å²) < 4.78 is 0. The molecule has 0 atom stereocenters. The molecule has 4 heteroatoms. The predicted molar refractivity (Wildman–Crippen MR) is 86.6 cm³/mol. The standard InChI is InChI=1S/C16H15ClN2S/c17-13-6-3-5-12-15(10-19-16(12)13)20-14-7-2-1-4-11(14)8-9-18/h1-7,10,19H,8-9,18H2. The summed E-state index contributed by atoms with van der Waals surface area (Å²) in [5.74, 6) is 0. The number of benzene rings is 2. The Morgan fingerprint density at radius 2 is 1.90 bits per heavy atom. The van der Waals surface area contributed by atoms with Crippen LogP contribution in [-0.2, 0) is 6.42 Å². The number of rotatable bonds is 4. The van der Waals surface area contributed by atoms with E-state index in [1.54, 1.807) is 11.8 Å². The van der Waals surface area contributed by atoms with Gasteiger partial charge >= 0.3 is 0 Å². The molecule has 2 aromatic carbocycles. The fourth-order valence-electron chi connectivity index (χ4n) is 2.26. The number of nitrogens with one attached hydrogen (secondary N) is 1. The lowest BCUT2D eigenvalue weighted by atomic mass is 10.1. The van der Waals surface area contributed by atoms with Gasteiger partial charge < -0.3 is 10.7 Å². The molecule has 3 rings (SSSR count). The number of H-pyrrole nitrogens is 1. The Balaban J connectivity index is 2.00. The molecule has 0 aliphatic heterocycles. The third-order valence-corrected chi connectivity index (χ3v) is 4.72. The van der Waals surface area contributed by atoms with Crippen molar-refractivity contribution in [3.63, 3.8) is 0 Å². The summed E-state index contributed by atoms with van der Waals surface area (Å²) in [5.41, 5.74) is 7.96. The zero-order valence-electron chi connectivity index (χ0n) is 10.9. The van der Waals surface area contributed by atoms with Crippen molar-refractivity contribution in [3.05, 3.63) is 59.2 Å². The lowest BCUT2D eigenvalue weighted by Gasteiger charge is -2.07. The highest BCUT2D eigenvalue weighted by Gasteiger charge is 2.09. The van der Waals surface area contributed by atoms with Crippen molar-refractivity contribution in [3.8, 4) is 0 Å². The molecular weight excluding hydrogens is 288 g/mol. The van der Waals surface area contributed by atoms with Crippen molar-refractivity contribution in [2.75, 3.05) is 6.54 Å². The largest absolute Gasteiger partial charge is 0.359 e. The number of hydrogen-bond donors (Lipinski definition) is 2. The summed E-state index contributed by atoms with van der Waals surface area (Å²) in [6.45, 7) is 0.664. The molecule has 3 aromatic rings. The van der Waals surface area contributed by atoms with Crippen LogP contribution < -0.4 is 5.73 Å². The summed E-state index contributed by atoms with van der Waals surface area (Å²) in [7, 11) is 0. The Hall–Kier alpha value is -1.42. The van der Waals surface area contributed by atoms with Gasteiger partial charge in [-0.15, -0.1) is 0 Å². The second-order valence-corrected chi connectivity index (χ2v) is 6.05. The van der Waals surface area contributed by atoms with Gasteiger partial charge in [0, 0.05) is 21.4 Å². The SMILES string of the molecule is NCCc1ccccc1Sc1c[nH]c2c(Cl)cccc12. The highest BCUT2D eigenvalue weighted by Crippen LogP contribution is 2.37. The number of fused-ring (bicyclic) bond motifs is 1. The zero-order valence-corrected chi connectivity index (χ0v) is 12.5. The van der Waals surface area contributed by atoms with Gasteiger partial charge in [0.25, 0.3) is 0 Å². The lowest BCUT2D eigenvalue weighted by molar-refractivity contribution is 0.944. The number of nitrogens with two attached hydrogens (primary N) is 1. The molecule has 0 aliphatic rings. The highest BCUT2D eigenvalue weighted by atomic mass is 35.5. The molecule has 102 valence electrons. The predicted octanol–water partition coefficient (Wildman–Crippen LogP) is 4.47. The zero-order chi connectivity index (χ0) is 13.9. The minimum atomic E-state index is 0.664. The molecule has 0 fully saturated rings. The van der Waals surface area contributed by atoms with Gasteiger partial charge in [-0.2, -0.15) is 0 Å². The molecule has 0 saturated heterocycles. The van der Waals surface area contributed by atoms with Crippen LogP contribution in [0.25, 0.3) is 10.9 Å². The maximum Gasteiger partial charge on any atom is 0.0655 e. The number of aromatic amines is 1. The minimum Gasteiger partial charge on any atom is -0.359 e. The second kappa shape index (κ2) is 5.92. The van der Waals surface area contributed by atoms with E-state index in [0.29, 0.717) is 6.54 Å². The van der Waals surface area contributed by atoms with Gasteiger partial charge in [0.2, 0.25) is 0 Å². The van der Waals surface area contributed by atoms with E-state index in [-0.39, 0.29) is 0 Å². The first kappa shape index (κ1) is 13.6. The summed E-state index contributed by atoms with van der Waals surface area (Å²) in [4.78, 5) is 5.69. The molecule has 0 bridgehead atoms. The van der Waals surface area contributed by atoms with Gasteiger partial charge in [-0.1, -0.05) is 53.7 Å². The van der Waals surface area contributed by atoms with E-state index in [1.807, 2.05) is 18.3 Å². The van der Waals surface area contributed by atoms with Crippen LogP contribution in [0.1, 0.15) is 5.56 Å². The van der Waals surface area contributed by atoms with Crippen LogP contribution in [0.15, 0.2) is 58.5 Å². The molecule has 1 heterocycles. The first-order valence-electron chi connectivity index (χ1n) is 6.51. The maximum atomic E-state index is 6.20. The van der Waals surface area contributed by atoms with Gasteiger partial charge in [0.05, 0.1) is 10.5 Å². The summed E-state index contributed by atoms with van der Waals surface area (Å²) >= 11 is 7.95. The Morgan fingerprint density at radius 3 is 2.75 bits per heavy atom. The number of para-hydroxylation sites is 1. The molecular formula is C16H15ClN2S. The summed E-state index contributed by atoms with van der Waals surface area (Å²) in [5, 5.41) is 1.91. The van der Waals surface area contributed by atoms with Gasteiger partial charge in [0.15, 0.2) is 0 Å². The first-order chi connectivity index (χ1) is 9.79. The Morgan fingerprint density at radius 1 is 1.05 bits per heavy atom. The van der Waals surface area contributed by atoms with Crippen molar-refractivity contribution < 1.29 is 0 Å². The van der Waals surface area contributed by atoms with Crippen LogP contribution in [0.4, 0.5) is 0 Å². The molecule has 0 saturated carbocycles.